The molecule has 0 radical (unpaired) electrons. The van der Waals surface area contributed by atoms with E-state index in [1.165, 1.54) is 18.2 Å². The summed E-state index contributed by atoms with van der Waals surface area (Å²) in [5.74, 6) is 0.206. The lowest BCUT2D eigenvalue weighted by Crippen LogP contribution is -2.28. The Morgan fingerprint density at radius 1 is 1.21 bits per heavy atom. The number of benzene rings is 1. The van der Waals surface area contributed by atoms with Gasteiger partial charge in [0, 0.05) is 5.56 Å². The van der Waals surface area contributed by atoms with Crippen LogP contribution in [0.25, 0.3) is 0 Å². The third kappa shape index (κ3) is 3.53. The van der Waals surface area contributed by atoms with Crippen LogP contribution in [0, 0.1) is 23.5 Å². The topological polar surface area (TPSA) is 12.0 Å². The minimum absolute atomic E-state index is 0.0286. The first-order valence-corrected chi connectivity index (χ1v) is 7.24. The number of halogens is 2. The molecule has 1 aromatic carbocycles. The van der Waals surface area contributed by atoms with Gasteiger partial charge in [-0.15, -0.1) is 0 Å². The van der Waals surface area contributed by atoms with Gasteiger partial charge < -0.3 is 5.32 Å². The summed E-state index contributed by atoms with van der Waals surface area (Å²) in [6.45, 7) is 6.14. The molecular weight excluding hydrogens is 244 g/mol. The van der Waals surface area contributed by atoms with Crippen molar-refractivity contribution in [2.45, 2.75) is 39.0 Å². The van der Waals surface area contributed by atoms with Crippen LogP contribution < -0.4 is 5.32 Å². The van der Waals surface area contributed by atoms with Gasteiger partial charge in [0.25, 0.3) is 0 Å². The van der Waals surface area contributed by atoms with E-state index in [0.717, 1.165) is 32.4 Å². The molecule has 2 rings (SSSR count). The Bertz CT molecular complexity index is 397. The molecule has 1 N–H and O–H groups in total. The number of rotatable bonds is 5. The molecule has 0 aliphatic heterocycles. The quantitative estimate of drug-likeness (QED) is 0.847. The smallest absolute Gasteiger partial charge is 0.129 e. The highest BCUT2D eigenvalue weighted by atomic mass is 19.1. The van der Waals surface area contributed by atoms with Crippen LogP contribution in [0.5, 0.6) is 0 Å². The van der Waals surface area contributed by atoms with Crippen molar-refractivity contribution in [1.82, 2.24) is 5.32 Å². The van der Waals surface area contributed by atoms with Gasteiger partial charge in [0.1, 0.15) is 11.6 Å². The third-order valence-electron chi connectivity index (χ3n) is 3.99. The lowest BCUT2D eigenvalue weighted by molar-refractivity contribution is 0.405. The third-order valence-corrected chi connectivity index (χ3v) is 3.99. The lowest BCUT2D eigenvalue weighted by Gasteiger charge is -2.22. The van der Waals surface area contributed by atoms with Crippen molar-refractivity contribution in [3.63, 3.8) is 0 Å². The molecule has 1 nitrogen and oxygen atoms in total. The van der Waals surface area contributed by atoms with Crippen LogP contribution in [-0.4, -0.2) is 13.1 Å². The first-order chi connectivity index (χ1) is 9.09. The van der Waals surface area contributed by atoms with E-state index < -0.39 is 0 Å². The van der Waals surface area contributed by atoms with Gasteiger partial charge in [-0.25, -0.2) is 8.78 Å². The maximum absolute atomic E-state index is 13.9. The van der Waals surface area contributed by atoms with Crippen molar-refractivity contribution >= 4 is 0 Å². The molecule has 106 valence electrons. The molecule has 3 heteroatoms. The predicted molar refractivity (Wildman–Crippen MR) is 74.1 cm³/mol. The van der Waals surface area contributed by atoms with E-state index in [9.17, 15) is 8.78 Å². The minimum atomic E-state index is -0.388. The standard InChI is InChI=1S/C16H23F2N/c1-11(2)9-19-10-12-5-3-6-13(12)16-14(17)7-4-8-15(16)18/h4,7-8,11-13,19H,3,5-6,9-10H2,1-2H3. The summed E-state index contributed by atoms with van der Waals surface area (Å²) in [5.41, 5.74) is 0.302. The number of hydrogen-bond donors (Lipinski definition) is 1. The Hall–Kier alpha value is -0.960. The summed E-state index contributed by atoms with van der Waals surface area (Å²) < 4.78 is 27.7. The zero-order chi connectivity index (χ0) is 13.8. The molecule has 19 heavy (non-hydrogen) atoms. The monoisotopic (exact) mass is 267 g/mol. The molecule has 1 aliphatic rings. The first-order valence-electron chi connectivity index (χ1n) is 7.24. The Morgan fingerprint density at radius 3 is 2.53 bits per heavy atom. The summed E-state index contributed by atoms with van der Waals surface area (Å²) in [7, 11) is 0. The summed E-state index contributed by atoms with van der Waals surface area (Å²) >= 11 is 0. The summed E-state index contributed by atoms with van der Waals surface area (Å²) in [6.07, 6.45) is 3.02. The second-order valence-electron chi connectivity index (χ2n) is 5.98. The maximum atomic E-state index is 13.9. The summed E-state index contributed by atoms with van der Waals surface area (Å²) in [4.78, 5) is 0. The van der Waals surface area contributed by atoms with E-state index in [0.29, 0.717) is 17.4 Å². The van der Waals surface area contributed by atoms with Crippen molar-refractivity contribution in [3.8, 4) is 0 Å². The molecule has 0 bridgehead atoms. The molecule has 0 aromatic heterocycles. The van der Waals surface area contributed by atoms with E-state index in [-0.39, 0.29) is 17.6 Å². The van der Waals surface area contributed by atoms with Gasteiger partial charge in [0.05, 0.1) is 0 Å². The zero-order valence-electron chi connectivity index (χ0n) is 11.8. The largest absolute Gasteiger partial charge is 0.316 e. The van der Waals surface area contributed by atoms with Crippen molar-refractivity contribution in [1.29, 1.82) is 0 Å². The van der Waals surface area contributed by atoms with Gasteiger partial charge in [-0.3, -0.25) is 0 Å². The summed E-state index contributed by atoms with van der Waals surface area (Å²) in [6, 6.07) is 4.18. The average Bonchev–Trinajstić information content (AvgIpc) is 2.77. The van der Waals surface area contributed by atoms with Gasteiger partial charge >= 0.3 is 0 Å². The second-order valence-corrected chi connectivity index (χ2v) is 5.98. The average molecular weight is 267 g/mol. The van der Waals surface area contributed by atoms with Gasteiger partial charge in [-0.1, -0.05) is 26.3 Å². The predicted octanol–water partition coefficient (Wildman–Crippen LogP) is 4.09. The normalized spacial score (nSPS) is 23.2. The molecule has 2 unspecified atom stereocenters. The number of hydrogen-bond acceptors (Lipinski definition) is 1. The van der Waals surface area contributed by atoms with Gasteiger partial charge in [-0.05, 0) is 55.8 Å². The Kier molecular flexibility index (Phi) is 4.92. The molecule has 1 aliphatic carbocycles. The van der Waals surface area contributed by atoms with Crippen molar-refractivity contribution < 1.29 is 8.78 Å². The highest BCUT2D eigenvalue weighted by molar-refractivity contribution is 5.25. The Balaban J connectivity index is 2.06. The fourth-order valence-corrected chi connectivity index (χ4v) is 3.08. The van der Waals surface area contributed by atoms with E-state index in [1.807, 2.05) is 0 Å². The number of nitrogens with one attached hydrogen (secondary N) is 1. The molecule has 0 saturated heterocycles. The van der Waals surface area contributed by atoms with Gasteiger partial charge in [0.2, 0.25) is 0 Å². The van der Waals surface area contributed by atoms with Crippen molar-refractivity contribution in [2.75, 3.05) is 13.1 Å². The Morgan fingerprint density at radius 2 is 1.89 bits per heavy atom. The van der Waals surface area contributed by atoms with Crippen LogP contribution in [0.4, 0.5) is 8.78 Å². The first kappa shape index (κ1) is 14.4. The van der Waals surface area contributed by atoms with Crippen LogP contribution >= 0.6 is 0 Å². The fourth-order valence-electron chi connectivity index (χ4n) is 3.08. The van der Waals surface area contributed by atoms with Crippen LogP contribution in [-0.2, 0) is 0 Å². The molecule has 0 spiro atoms. The molecule has 2 atom stereocenters. The van der Waals surface area contributed by atoms with Crippen molar-refractivity contribution in [3.05, 3.63) is 35.4 Å². The van der Waals surface area contributed by atoms with Crippen LogP contribution in [0.15, 0.2) is 18.2 Å². The Labute approximate surface area is 114 Å². The minimum Gasteiger partial charge on any atom is -0.316 e. The van der Waals surface area contributed by atoms with E-state index in [4.69, 9.17) is 0 Å². The van der Waals surface area contributed by atoms with Crippen LogP contribution in [0.3, 0.4) is 0 Å². The highest BCUT2D eigenvalue weighted by Gasteiger charge is 2.32. The molecule has 1 aromatic rings. The highest BCUT2D eigenvalue weighted by Crippen LogP contribution is 2.41. The molecule has 0 heterocycles. The lowest BCUT2D eigenvalue weighted by atomic mass is 9.88. The SMILES string of the molecule is CC(C)CNCC1CCCC1c1c(F)cccc1F. The van der Waals surface area contributed by atoms with Crippen molar-refractivity contribution in [2.24, 2.45) is 11.8 Å². The molecular formula is C16H23F2N. The van der Waals surface area contributed by atoms with E-state index in [1.54, 1.807) is 0 Å². The van der Waals surface area contributed by atoms with Crippen LogP contribution in [0.1, 0.15) is 44.6 Å². The fraction of sp³-hybridized carbons (Fsp3) is 0.625. The van der Waals surface area contributed by atoms with E-state index >= 15 is 0 Å². The zero-order valence-corrected chi connectivity index (χ0v) is 11.8. The van der Waals surface area contributed by atoms with E-state index in [2.05, 4.69) is 19.2 Å². The van der Waals surface area contributed by atoms with Gasteiger partial charge in [-0.2, -0.15) is 0 Å². The summed E-state index contributed by atoms with van der Waals surface area (Å²) in [5, 5.41) is 3.42. The van der Waals surface area contributed by atoms with Gasteiger partial charge in [0.15, 0.2) is 0 Å². The maximum Gasteiger partial charge on any atom is 0.129 e. The molecule has 1 fully saturated rings. The van der Waals surface area contributed by atoms with Crippen LogP contribution in [0.2, 0.25) is 0 Å². The molecule has 1 saturated carbocycles. The second kappa shape index (κ2) is 6.47. The molecule has 0 amide bonds.